The fourth-order valence-corrected chi connectivity index (χ4v) is 1.10. The van der Waals surface area contributed by atoms with Crippen LogP contribution in [-0.4, -0.2) is 46.5 Å². The van der Waals surface area contributed by atoms with Crippen LogP contribution < -0.4 is 0 Å². The Bertz CT molecular complexity index is 223. The molecular formula is C9H15N3O2. The van der Waals surface area contributed by atoms with E-state index in [2.05, 4.69) is 0 Å². The Labute approximate surface area is 83.8 Å². The van der Waals surface area contributed by atoms with Gasteiger partial charge >= 0.3 is 0 Å². The monoisotopic (exact) mass is 197 g/mol. The van der Waals surface area contributed by atoms with E-state index in [1.807, 2.05) is 12.1 Å². The van der Waals surface area contributed by atoms with Crippen molar-refractivity contribution in [3.05, 3.63) is 0 Å². The summed E-state index contributed by atoms with van der Waals surface area (Å²) in [5.41, 5.74) is 0. The van der Waals surface area contributed by atoms with Crippen LogP contribution in [0.3, 0.4) is 0 Å². The predicted octanol–water partition coefficient (Wildman–Crippen LogP) is -0.534. The molecule has 0 bridgehead atoms. The number of hydrogen-bond donors (Lipinski definition) is 2. The average molecular weight is 197 g/mol. The van der Waals surface area contributed by atoms with Gasteiger partial charge in [-0.2, -0.15) is 10.5 Å². The van der Waals surface area contributed by atoms with E-state index >= 15 is 0 Å². The molecule has 0 fully saturated rings. The standard InChI is InChI=1S/C9H15N3O2/c1-7(3-10)12(8(2)4-11)5-9(14)6-13/h7-9,13-14H,5-6H2,1-2H3. The lowest BCUT2D eigenvalue weighted by atomic mass is 10.2. The summed E-state index contributed by atoms with van der Waals surface area (Å²) in [5, 5.41) is 35.2. The van der Waals surface area contributed by atoms with Crippen molar-refractivity contribution in [2.24, 2.45) is 0 Å². The normalized spacial score (nSPS) is 16.8. The van der Waals surface area contributed by atoms with Crippen molar-refractivity contribution in [2.75, 3.05) is 13.2 Å². The Morgan fingerprint density at radius 1 is 1.21 bits per heavy atom. The Kier molecular flexibility index (Phi) is 5.82. The summed E-state index contributed by atoms with van der Waals surface area (Å²) in [6, 6.07) is 3.08. The van der Waals surface area contributed by atoms with Gasteiger partial charge in [-0.3, -0.25) is 4.90 Å². The number of aliphatic hydroxyl groups excluding tert-OH is 2. The van der Waals surface area contributed by atoms with E-state index in [0.717, 1.165) is 0 Å². The molecule has 0 aromatic carbocycles. The van der Waals surface area contributed by atoms with Gasteiger partial charge in [0.25, 0.3) is 0 Å². The number of nitrogens with zero attached hydrogens (tertiary/aromatic N) is 3. The van der Waals surface area contributed by atoms with Crippen LogP contribution >= 0.6 is 0 Å². The van der Waals surface area contributed by atoms with Gasteiger partial charge in [-0.25, -0.2) is 0 Å². The average Bonchev–Trinajstić information content (AvgIpc) is 2.23. The van der Waals surface area contributed by atoms with Crippen molar-refractivity contribution >= 4 is 0 Å². The molecule has 5 nitrogen and oxygen atoms in total. The summed E-state index contributed by atoms with van der Waals surface area (Å²) < 4.78 is 0. The van der Waals surface area contributed by atoms with Gasteiger partial charge in [0.15, 0.2) is 0 Å². The summed E-state index contributed by atoms with van der Waals surface area (Å²) >= 11 is 0. The van der Waals surface area contributed by atoms with Crippen LogP contribution in [0.25, 0.3) is 0 Å². The van der Waals surface area contributed by atoms with Gasteiger partial charge in [0.2, 0.25) is 0 Å². The Morgan fingerprint density at radius 3 is 1.93 bits per heavy atom. The van der Waals surface area contributed by atoms with E-state index in [4.69, 9.17) is 15.6 Å². The van der Waals surface area contributed by atoms with Crippen LogP contribution in [0.15, 0.2) is 0 Å². The Morgan fingerprint density at radius 2 is 1.64 bits per heavy atom. The summed E-state index contributed by atoms with van der Waals surface area (Å²) in [6.45, 7) is 3.06. The molecule has 78 valence electrons. The second-order valence-electron chi connectivity index (χ2n) is 3.14. The lowest BCUT2D eigenvalue weighted by Crippen LogP contribution is -2.44. The number of nitriles is 2. The molecule has 0 radical (unpaired) electrons. The zero-order valence-electron chi connectivity index (χ0n) is 8.38. The lowest BCUT2D eigenvalue weighted by Gasteiger charge is -2.28. The minimum Gasteiger partial charge on any atom is -0.394 e. The van der Waals surface area contributed by atoms with E-state index in [1.165, 1.54) is 0 Å². The first-order valence-electron chi connectivity index (χ1n) is 4.40. The molecule has 14 heavy (non-hydrogen) atoms. The summed E-state index contributed by atoms with van der Waals surface area (Å²) in [7, 11) is 0. The Hall–Kier alpha value is -1.14. The highest BCUT2D eigenvalue weighted by Gasteiger charge is 2.21. The molecule has 0 spiro atoms. The summed E-state index contributed by atoms with van der Waals surface area (Å²) in [6.07, 6.45) is -0.915. The quantitative estimate of drug-likeness (QED) is 0.618. The third-order valence-electron chi connectivity index (χ3n) is 2.00. The van der Waals surface area contributed by atoms with Crippen LogP contribution in [0.1, 0.15) is 13.8 Å². The van der Waals surface area contributed by atoms with Crippen molar-refractivity contribution in [1.82, 2.24) is 4.90 Å². The lowest BCUT2D eigenvalue weighted by molar-refractivity contribution is 0.0477. The van der Waals surface area contributed by atoms with Gasteiger partial charge in [-0.05, 0) is 13.8 Å². The molecule has 0 aliphatic rings. The fourth-order valence-electron chi connectivity index (χ4n) is 1.10. The van der Waals surface area contributed by atoms with Crippen molar-refractivity contribution in [1.29, 1.82) is 10.5 Å². The highest BCUT2D eigenvalue weighted by Crippen LogP contribution is 2.05. The maximum Gasteiger partial charge on any atom is 0.0960 e. The maximum atomic E-state index is 9.21. The smallest absolute Gasteiger partial charge is 0.0960 e. The molecule has 2 N–H and O–H groups in total. The van der Waals surface area contributed by atoms with Crippen molar-refractivity contribution in [3.63, 3.8) is 0 Å². The third kappa shape index (κ3) is 3.71. The fraction of sp³-hybridized carbons (Fsp3) is 0.778. The molecule has 3 unspecified atom stereocenters. The van der Waals surface area contributed by atoms with E-state index in [0.29, 0.717) is 0 Å². The van der Waals surface area contributed by atoms with Crippen molar-refractivity contribution in [3.8, 4) is 12.1 Å². The molecule has 0 aliphatic carbocycles. The van der Waals surface area contributed by atoms with Gasteiger partial charge in [-0.1, -0.05) is 0 Å². The molecule has 0 amide bonds. The molecule has 0 aromatic heterocycles. The van der Waals surface area contributed by atoms with Crippen LogP contribution in [-0.2, 0) is 0 Å². The van der Waals surface area contributed by atoms with E-state index in [1.54, 1.807) is 18.7 Å². The van der Waals surface area contributed by atoms with Gasteiger partial charge in [-0.15, -0.1) is 0 Å². The van der Waals surface area contributed by atoms with Crippen LogP contribution in [0.5, 0.6) is 0 Å². The first-order valence-corrected chi connectivity index (χ1v) is 4.40. The van der Waals surface area contributed by atoms with Gasteiger partial charge in [0.1, 0.15) is 0 Å². The molecule has 3 atom stereocenters. The minimum absolute atomic E-state index is 0.125. The zero-order valence-corrected chi connectivity index (χ0v) is 8.38. The van der Waals surface area contributed by atoms with Gasteiger partial charge in [0, 0.05) is 6.54 Å². The molecule has 0 saturated carbocycles. The van der Waals surface area contributed by atoms with Crippen LogP contribution in [0, 0.1) is 22.7 Å². The number of aliphatic hydroxyl groups is 2. The number of rotatable bonds is 5. The summed E-state index contributed by atoms with van der Waals surface area (Å²) in [4.78, 5) is 1.54. The third-order valence-corrected chi connectivity index (χ3v) is 2.00. The highest BCUT2D eigenvalue weighted by molar-refractivity contribution is 4.97. The first kappa shape index (κ1) is 12.9. The predicted molar refractivity (Wildman–Crippen MR) is 49.9 cm³/mol. The zero-order chi connectivity index (χ0) is 11.1. The van der Waals surface area contributed by atoms with E-state index < -0.39 is 18.2 Å². The molecule has 0 saturated heterocycles. The first-order chi connectivity index (χ1) is 6.56. The number of hydrogen-bond acceptors (Lipinski definition) is 5. The second kappa shape index (κ2) is 6.33. The van der Waals surface area contributed by atoms with E-state index in [9.17, 15) is 5.11 Å². The van der Waals surface area contributed by atoms with Crippen molar-refractivity contribution in [2.45, 2.75) is 32.0 Å². The molecule has 0 heterocycles. The van der Waals surface area contributed by atoms with Crippen LogP contribution in [0.4, 0.5) is 0 Å². The highest BCUT2D eigenvalue weighted by atomic mass is 16.3. The van der Waals surface area contributed by atoms with Crippen LogP contribution in [0.2, 0.25) is 0 Å². The van der Waals surface area contributed by atoms with E-state index in [-0.39, 0.29) is 13.2 Å². The second-order valence-corrected chi connectivity index (χ2v) is 3.14. The topological polar surface area (TPSA) is 91.3 Å². The molecule has 0 aromatic rings. The van der Waals surface area contributed by atoms with Crippen molar-refractivity contribution < 1.29 is 10.2 Å². The molecular weight excluding hydrogens is 182 g/mol. The largest absolute Gasteiger partial charge is 0.394 e. The van der Waals surface area contributed by atoms with Gasteiger partial charge in [0.05, 0.1) is 36.9 Å². The minimum atomic E-state index is -0.915. The summed E-state index contributed by atoms with van der Waals surface area (Å²) in [5.74, 6) is 0. The molecule has 0 rings (SSSR count). The maximum absolute atomic E-state index is 9.21. The SMILES string of the molecule is CC(C#N)N(CC(O)CO)C(C)C#N. The molecule has 5 heteroatoms. The van der Waals surface area contributed by atoms with Gasteiger partial charge < -0.3 is 10.2 Å². The molecule has 0 aliphatic heterocycles. The Balaban J connectivity index is 4.43.